The first-order valence-corrected chi connectivity index (χ1v) is 4.36. The molecule has 0 bridgehead atoms. The molecule has 0 saturated heterocycles. The van der Waals surface area contributed by atoms with Gasteiger partial charge in [0.25, 0.3) is 0 Å². The highest BCUT2D eigenvalue weighted by Crippen LogP contribution is 2.57. The van der Waals surface area contributed by atoms with Crippen LogP contribution < -0.4 is 0 Å². The molecule has 0 heterocycles. The highest BCUT2D eigenvalue weighted by Gasteiger charge is 2.79. The molecule has 2 nitrogen and oxygen atoms in total. The second kappa shape index (κ2) is 4.23. The summed E-state index contributed by atoms with van der Waals surface area (Å²) in [4.78, 5) is 0. The van der Waals surface area contributed by atoms with E-state index in [9.17, 15) is 48.5 Å². The number of hydrogen-bond donors (Lipinski definition) is 0. The molecule has 0 N–H and O–H groups in total. The van der Waals surface area contributed by atoms with Crippen LogP contribution in [0, 0.1) is 0 Å². The summed E-state index contributed by atoms with van der Waals surface area (Å²) in [6.07, 6.45) is -19.5. The number of rotatable bonds is 3. The van der Waals surface area contributed by atoms with Crippen molar-refractivity contribution in [3.8, 4) is 0 Å². The lowest BCUT2D eigenvalue weighted by Crippen LogP contribution is -2.40. The zero-order valence-electron chi connectivity index (χ0n) is 7.04. The third kappa shape index (κ3) is 3.41. The molecule has 0 aliphatic carbocycles. The van der Waals surface area contributed by atoms with Crippen molar-refractivity contribution in [2.75, 3.05) is 0 Å². The lowest BCUT2D eigenvalue weighted by atomic mass is 10.6. The molecule has 0 fully saturated rings. The first-order chi connectivity index (χ1) is 7.13. The highest BCUT2D eigenvalue weighted by atomic mass is 31.1. The Bertz CT molecular complexity index is 302. The van der Waals surface area contributed by atoms with Gasteiger partial charge >= 0.3 is 32.2 Å². The molecule has 0 saturated carbocycles. The summed E-state index contributed by atoms with van der Waals surface area (Å²) in [7, 11) is -5.64. The van der Waals surface area contributed by atoms with E-state index in [1.165, 1.54) is 0 Å². The zero-order valence-corrected chi connectivity index (χ0v) is 7.94. The standard InChI is InChI=1S/C4F10O2P/c5-1(6,7)3(11,12)16-17(15)4(13,14)2(8,9)10/q+1. The third-order valence-electron chi connectivity index (χ3n) is 1.10. The van der Waals surface area contributed by atoms with Crippen LogP contribution in [0.3, 0.4) is 0 Å². The van der Waals surface area contributed by atoms with E-state index >= 15 is 0 Å². The Kier molecular flexibility index (Phi) is 4.07. The third-order valence-corrected chi connectivity index (χ3v) is 2.21. The SMILES string of the molecule is O=[P+](OC(F)(F)C(F)(F)F)C(F)(F)C(F)(F)F. The lowest BCUT2D eigenvalue weighted by molar-refractivity contribution is -0.362. The van der Waals surface area contributed by atoms with Gasteiger partial charge in [0, 0.05) is 0 Å². The topological polar surface area (TPSA) is 26.3 Å². The normalized spacial score (nSPS) is 16.0. The molecule has 0 rings (SSSR count). The minimum atomic E-state index is -6.58. The summed E-state index contributed by atoms with van der Waals surface area (Å²) in [6, 6.07) is 0. The summed E-state index contributed by atoms with van der Waals surface area (Å²) in [6.45, 7) is 0. The van der Waals surface area contributed by atoms with Crippen molar-refractivity contribution in [3.63, 3.8) is 0 Å². The van der Waals surface area contributed by atoms with Crippen LogP contribution in [0.5, 0.6) is 0 Å². The van der Waals surface area contributed by atoms with E-state index in [1.807, 2.05) is 4.52 Å². The molecular formula is C4F10O2P+. The van der Waals surface area contributed by atoms with Crippen LogP contribution in [0.1, 0.15) is 0 Å². The van der Waals surface area contributed by atoms with E-state index in [4.69, 9.17) is 0 Å². The monoisotopic (exact) mass is 301 g/mol. The van der Waals surface area contributed by atoms with Crippen molar-refractivity contribution in [3.05, 3.63) is 0 Å². The van der Waals surface area contributed by atoms with Crippen molar-refractivity contribution >= 4 is 8.03 Å². The van der Waals surface area contributed by atoms with E-state index in [1.54, 1.807) is 0 Å². The maximum atomic E-state index is 12.0. The van der Waals surface area contributed by atoms with Crippen LogP contribution in [0.25, 0.3) is 0 Å². The molecule has 0 spiro atoms. The van der Waals surface area contributed by atoms with Gasteiger partial charge in [-0.3, -0.25) is 0 Å². The van der Waals surface area contributed by atoms with Gasteiger partial charge in [0.05, 0.1) is 0 Å². The van der Waals surface area contributed by atoms with Crippen LogP contribution in [-0.4, -0.2) is 24.1 Å². The second-order valence-electron chi connectivity index (χ2n) is 2.40. The van der Waals surface area contributed by atoms with E-state index < -0.39 is 32.2 Å². The lowest BCUT2D eigenvalue weighted by Gasteiger charge is -2.15. The molecular weight excluding hydrogens is 301 g/mol. The predicted octanol–water partition coefficient (Wildman–Crippen LogP) is 4.06. The Hall–Kier alpha value is -0.640. The van der Waals surface area contributed by atoms with E-state index in [-0.39, 0.29) is 0 Å². The highest BCUT2D eigenvalue weighted by molar-refractivity contribution is 7.40. The molecule has 1 atom stereocenters. The van der Waals surface area contributed by atoms with Gasteiger partial charge in [-0.2, -0.15) is 35.1 Å². The molecule has 0 aliphatic rings. The van der Waals surface area contributed by atoms with Crippen LogP contribution >= 0.6 is 8.03 Å². The quantitative estimate of drug-likeness (QED) is 0.580. The fraction of sp³-hybridized carbons (Fsp3) is 1.00. The average molecular weight is 301 g/mol. The van der Waals surface area contributed by atoms with Gasteiger partial charge in [-0.1, -0.05) is 4.52 Å². The van der Waals surface area contributed by atoms with Gasteiger partial charge in [0.2, 0.25) is 0 Å². The van der Waals surface area contributed by atoms with Gasteiger partial charge in [-0.25, -0.2) is 0 Å². The molecule has 102 valence electrons. The Balaban J connectivity index is 5.02. The van der Waals surface area contributed by atoms with Crippen molar-refractivity contribution in [2.24, 2.45) is 0 Å². The minimum Gasteiger partial charge on any atom is -0.163 e. The number of hydrogen-bond acceptors (Lipinski definition) is 2. The summed E-state index contributed by atoms with van der Waals surface area (Å²) in [5, 5.41) is 0. The molecule has 0 aromatic rings. The van der Waals surface area contributed by atoms with E-state index in [0.29, 0.717) is 0 Å². The van der Waals surface area contributed by atoms with Gasteiger partial charge in [-0.15, -0.1) is 8.78 Å². The predicted molar refractivity (Wildman–Crippen MR) is 30.7 cm³/mol. The largest absolute Gasteiger partial charge is 0.603 e. The maximum absolute atomic E-state index is 12.0. The van der Waals surface area contributed by atoms with Crippen LogP contribution in [0.4, 0.5) is 43.9 Å². The second-order valence-corrected chi connectivity index (χ2v) is 3.66. The molecule has 0 aromatic carbocycles. The first kappa shape index (κ1) is 16.4. The Morgan fingerprint density at radius 3 is 1.29 bits per heavy atom. The number of alkyl halides is 10. The van der Waals surface area contributed by atoms with Gasteiger partial charge in [0.15, 0.2) is 0 Å². The summed E-state index contributed by atoms with van der Waals surface area (Å²) in [5.41, 5.74) is -6.32. The molecule has 17 heavy (non-hydrogen) atoms. The van der Waals surface area contributed by atoms with E-state index in [0.717, 1.165) is 0 Å². The van der Waals surface area contributed by atoms with Gasteiger partial charge in [-0.05, 0) is 4.57 Å². The molecule has 13 heteroatoms. The Morgan fingerprint density at radius 2 is 1.06 bits per heavy atom. The molecule has 0 radical (unpaired) electrons. The molecule has 0 amide bonds. The minimum absolute atomic E-state index is 1.97. The Labute approximate surface area is 86.4 Å². The molecule has 0 aromatic heterocycles. The molecule has 0 aliphatic heterocycles. The van der Waals surface area contributed by atoms with E-state index in [2.05, 4.69) is 0 Å². The van der Waals surface area contributed by atoms with Crippen molar-refractivity contribution in [1.82, 2.24) is 0 Å². The maximum Gasteiger partial charge on any atom is 0.603 e. The summed E-state index contributed by atoms with van der Waals surface area (Å²) in [5.74, 6) is 0. The first-order valence-electron chi connectivity index (χ1n) is 3.18. The van der Waals surface area contributed by atoms with Gasteiger partial charge in [0.1, 0.15) is 0 Å². The fourth-order valence-corrected chi connectivity index (χ4v) is 0.950. The summed E-state index contributed by atoms with van der Waals surface area (Å²) < 4.78 is 128. The van der Waals surface area contributed by atoms with Crippen LogP contribution in [-0.2, 0) is 9.09 Å². The van der Waals surface area contributed by atoms with Crippen molar-refractivity contribution in [1.29, 1.82) is 0 Å². The van der Waals surface area contributed by atoms with Gasteiger partial charge < -0.3 is 0 Å². The zero-order chi connectivity index (χ0) is 14.3. The Morgan fingerprint density at radius 1 is 0.706 bits per heavy atom. The smallest absolute Gasteiger partial charge is 0.163 e. The van der Waals surface area contributed by atoms with Crippen molar-refractivity contribution < 1.29 is 53.0 Å². The number of halogens is 10. The van der Waals surface area contributed by atoms with Crippen molar-refractivity contribution in [2.45, 2.75) is 24.1 Å². The summed E-state index contributed by atoms with van der Waals surface area (Å²) >= 11 is 0. The average Bonchev–Trinajstić information content (AvgIpc) is 1.98. The molecule has 1 unspecified atom stereocenters. The van der Waals surface area contributed by atoms with Crippen LogP contribution in [0.2, 0.25) is 0 Å². The fourth-order valence-electron chi connectivity index (χ4n) is 0.317. The van der Waals surface area contributed by atoms with Crippen LogP contribution in [0.15, 0.2) is 0 Å².